The molecule has 3 heteroatoms. The van der Waals surface area contributed by atoms with Crippen molar-refractivity contribution in [1.82, 2.24) is 0 Å². The van der Waals surface area contributed by atoms with Crippen LogP contribution in [-0.2, 0) is 9.47 Å². The minimum Gasteiger partial charge on any atom is -0.456 e. The van der Waals surface area contributed by atoms with Crippen LogP contribution in [0.2, 0.25) is 0 Å². The molecule has 2 atom stereocenters. The summed E-state index contributed by atoms with van der Waals surface area (Å²) in [5, 5.41) is 0. The standard InChI is InChI=1S/C17H16O3/c18-17(14-9-5-2-6-10-14)20-15-11-16(19-12-15)13-7-3-1-4-8-13/h1-10,15-16H,11-12H2/t15-,16-/m0/s1. The van der Waals surface area contributed by atoms with Gasteiger partial charge in [0.1, 0.15) is 6.10 Å². The van der Waals surface area contributed by atoms with Gasteiger partial charge < -0.3 is 9.47 Å². The van der Waals surface area contributed by atoms with Crippen LogP contribution in [0.5, 0.6) is 0 Å². The molecular formula is C17H16O3. The molecule has 0 saturated carbocycles. The van der Waals surface area contributed by atoms with E-state index >= 15 is 0 Å². The zero-order valence-electron chi connectivity index (χ0n) is 11.1. The van der Waals surface area contributed by atoms with E-state index in [1.165, 1.54) is 0 Å². The molecule has 1 saturated heterocycles. The molecule has 1 aliphatic heterocycles. The van der Waals surface area contributed by atoms with Gasteiger partial charge in [-0.15, -0.1) is 0 Å². The highest BCUT2D eigenvalue weighted by molar-refractivity contribution is 5.89. The summed E-state index contributed by atoms with van der Waals surface area (Å²) in [6, 6.07) is 19.1. The van der Waals surface area contributed by atoms with Crippen molar-refractivity contribution in [3.63, 3.8) is 0 Å². The van der Waals surface area contributed by atoms with Gasteiger partial charge in [-0.05, 0) is 17.7 Å². The van der Waals surface area contributed by atoms with Crippen molar-refractivity contribution < 1.29 is 14.3 Å². The Hall–Kier alpha value is -2.13. The van der Waals surface area contributed by atoms with Crippen LogP contribution in [0.4, 0.5) is 0 Å². The number of ether oxygens (including phenoxy) is 2. The van der Waals surface area contributed by atoms with Crippen LogP contribution in [0.3, 0.4) is 0 Å². The zero-order valence-corrected chi connectivity index (χ0v) is 11.1. The Kier molecular flexibility index (Phi) is 3.79. The first-order valence-corrected chi connectivity index (χ1v) is 6.75. The molecule has 2 aromatic rings. The van der Waals surface area contributed by atoms with E-state index in [0.29, 0.717) is 18.6 Å². The van der Waals surface area contributed by atoms with Crippen molar-refractivity contribution in [3.8, 4) is 0 Å². The molecule has 0 amide bonds. The highest BCUT2D eigenvalue weighted by atomic mass is 16.6. The first-order valence-electron chi connectivity index (χ1n) is 6.75. The Morgan fingerprint density at radius 2 is 1.65 bits per heavy atom. The molecule has 1 aliphatic rings. The highest BCUT2D eigenvalue weighted by Gasteiger charge is 2.29. The summed E-state index contributed by atoms with van der Waals surface area (Å²) in [6.07, 6.45) is 0.556. The smallest absolute Gasteiger partial charge is 0.338 e. The van der Waals surface area contributed by atoms with Crippen molar-refractivity contribution in [3.05, 3.63) is 71.8 Å². The van der Waals surface area contributed by atoms with Gasteiger partial charge in [-0.3, -0.25) is 0 Å². The lowest BCUT2D eigenvalue weighted by Crippen LogP contribution is -2.18. The van der Waals surface area contributed by atoms with E-state index in [1.54, 1.807) is 12.1 Å². The Morgan fingerprint density at radius 1 is 1.00 bits per heavy atom. The molecule has 102 valence electrons. The number of rotatable bonds is 3. The largest absolute Gasteiger partial charge is 0.456 e. The molecule has 3 rings (SSSR count). The van der Waals surface area contributed by atoms with Gasteiger partial charge >= 0.3 is 5.97 Å². The van der Waals surface area contributed by atoms with E-state index in [-0.39, 0.29) is 18.2 Å². The van der Waals surface area contributed by atoms with Gasteiger partial charge in [-0.2, -0.15) is 0 Å². The molecule has 20 heavy (non-hydrogen) atoms. The Bertz CT molecular complexity index is 565. The second-order valence-electron chi connectivity index (χ2n) is 4.86. The van der Waals surface area contributed by atoms with Crippen LogP contribution in [0, 0.1) is 0 Å². The SMILES string of the molecule is O=C(O[C@@H]1CO[C@H](c2ccccc2)C1)c1ccccc1. The Morgan fingerprint density at radius 3 is 2.35 bits per heavy atom. The molecule has 0 unspecified atom stereocenters. The van der Waals surface area contributed by atoms with E-state index in [1.807, 2.05) is 48.5 Å². The predicted molar refractivity (Wildman–Crippen MR) is 75.4 cm³/mol. The van der Waals surface area contributed by atoms with Crippen molar-refractivity contribution in [2.75, 3.05) is 6.61 Å². The summed E-state index contributed by atoms with van der Waals surface area (Å²) in [5.74, 6) is -0.284. The van der Waals surface area contributed by atoms with Crippen LogP contribution in [0.1, 0.15) is 28.4 Å². The number of esters is 1. The third kappa shape index (κ3) is 2.89. The fourth-order valence-corrected chi connectivity index (χ4v) is 2.37. The second-order valence-corrected chi connectivity index (χ2v) is 4.86. The van der Waals surface area contributed by atoms with Crippen LogP contribution in [0.25, 0.3) is 0 Å². The monoisotopic (exact) mass is 268 g/mol. The lowest BCUT2D eigenvalue weighted by atomic mass is 10.1. The van der Waals surface area contributed by atoms with Crippen molar-refractivity contribution in [1.29, 1.82) is 0 Å². The first kappa shape index (κ1) is 12.9. The van der Waals surface area contributed by atoms with Crippen molar-refractivity contribution >= 4 is 5.97 Å². The van der Waals surface area contributed by atoms with Gasteiger partial charge in [0.2, 0.25) is 0 Å². The Balaban J connectivity index is 1.60. The minimum atomic E-state index is -0.284. The van der Waals surface area contributed by atoms with Crippen LogP contribution < -0.4 is 0 Å². The zero-order chi connectivity index (χ0) is 13.8. The third-order valence-electron chi connectivity index (χ3n) is 3.41. The van der Waals surface area contributed by atoms with Gasteiger partial charge in [0.05, 0.1) is 18.3 Å². The summed E-state index contributed by atoms with van der Waals surface area (Å²) in [5.41, 5.74) is 1.71. The second kappa shape index (κ2) is 5.88. The summed E-state index contributed by atoms with van der Waals surface area (Å²) in [7, 11) is 0. The molecule has 3 nitrogen and oxygen atoms in total. The molecule has 0 aliphatic carbocycles. The molecule has 0 N–H and O–H groups in total. The molecule has 0 radical (unpaired) electrons. The van der Waals surface area contributed by atoms with E-state index in [9.17, 15) is 4.79 Å². The number of carbonyl (C=O) groups is 1. The number of carbonyl (C=O) groups excluding carboxylic acids is 1. The Labute approximate surface area is 118 Å². The summed E-state index contributed by atoms with van der Waals surface area (Å²) >= 11 is 0. The quantitative estimate of drug-likeness (QED) is 0.801. The topological polar surface area (TPSA) is 35.5 Å². The normalized spacial score (nSPS) is 21.6. The summed E-state index contributed by atoms with van der Waals surface area (Å²) in [4.78, 5) is 12.0. The van der Waals surface area contributed by atoms with Crippen LogP contribution in [-0.4, -0.2) is 18.7 Å². The molecular weight excluding hydrogens is 252 g/mol. The number of benzene rings is 2. The molecule has 0 aromatic heterocycles. The molecule has 0 spiro atoms. The van der Waals surface area contributed by atoms with E-state index in [0.717, 1.165) is 5.56 Å². The molecule has 2 aromatic carbocycles. The van der Waals surface area contributed by atoms with Crippen LogP contribution in [0.15, 0.2) is 60.7 Å². The van der Waals surface area contributed by atoms with E-state index < -0.39 is 0 Å². The van der Waals surface area contributed by atoms with Gasteiger partial charge in [-0.25, -0.2) is 4.79 Å². The van der Waals surface area contributed by atoms with Gasteiger partial charge in [0, 0.05) is 6.42 Å². The molecule has 1 heterocycles. The lowest BCUT2D eigenvalue weighted by Gasteiger charge is -2.11. The van der Waals surface area contributed by atoms with Crippen molar-refractivity contribution in [2.24, 2.45) is 0 Å². The maximum Gasteiger partial charge on any atom is 0.338 e. The summed E-state index contributed by atoms with van der Waals surface area (Å²) < 4.78 is 11.2. The number of hydrogen-bond donors (Lipinski definition) is 0. The number of hydrogen-bond acceptors (Lipinski definition) is 3. The molecule has 0 bridgehead atoms. The first-order chi connectivity index (χ1) is 9.83. The summed E-state index contributed by atoms with van der Waals surface area (Å²) in [6.45, 7) is 0.456. The van der Waals surface area contributed by atoms with Gasteiger partial charge in [0.25, 0.3) is 0 Å². The van der Waals surface area contributed by atoms with Gasteiger partial charge in [0.15, 0.2) is 0 Å². The minimum absolute atomic E-state index is 0.0183. The molecule has 1 fully saturated rings. The van der Waals surface area contributed by atoms with E-state index in [4.69, 9.17) is 9.47 Å². The van der Waals surface area contributed by atoms with Gasteiger partial charge in [-0.1, -0.05) is 48.5 Å². The van der Waals surface area contributed by atoms with Crippen molar-refractivity contribution in [2.45, 2.75) is 18.6 Å². The fraction of sp³-hybridized carbons (Fsp3) is 0.235. The van der Waals surface area contributed by atoms with E-state index in [2.05, 4.69) is 0 Å². The lowest BCUT2D eigenvalue weighted by molar-refractivity contribution is 0.0254. The third-order valence-corrected chi connectivity index (χ3v) is 3.41. The fourth-order valence-electron chi connectivity index (χ4n) is 2.37. The maximum absolute atomic E-state index is 12.0. The van der Waals surface area contributed by atoms with Crippen LogP contribution >= 0.6 is 0 Å². The average molecular weight is 268 g/mol. The predicted octanol–water partition coefficient (Wildman–Crippen LogP) is 3.37. The average Bonchev–Trinajstić information content (AvgIpc) is 2.97. The highest BCUT2D eigenvalue weighted by Crippen LogP contribution is 2.30. The maximum atomic E-state index is 12.0.